The number of carbonyl (C=O) groups is 2. The molecular weight excluding hydrogens is 515 g/mol. The normalized spacial score (nSPS) is 14.3. The van der Waals surface area contributed by atoms with Crippen LogP contribution in [0, 0.1) is 11.6 Å². The molecule has 0 aliphatic carbocycles. The second kappa shape index (κ2) is 10.9. The quantitative estimate of drug-likeness (QED) is 0.353. The number of para-hydroxylation sites is 1. The Morgan fingerprint density at radius 1 is 1.05 bits per heavy atom. The molecule has 4 rings (SSSR count). The molecule has 1 aliphatic heterocycles. The third-order valence-electron chi connectivity index (χ3n) is 5.87. The third-order valence-corrected chi connectivity index (χ3v) is 5.87. The number of nitrogen functional groups attached to an aromatic ring is 1. The number of anilines is 2. The third kappa shape index (κ3) is 6.12. The number of ketones is 1. The highest BCUT2D eigenvalue weighted by Crippen LogP contribution is 2.31. The number of likely N-dealkylation sites (tertiary alicyclic amines) is 1. The minimum Gasteiger partial charge on any atom is -0.469 e. The summed E-state index contributed by atoms with van der Waals surface area (Å²) >= 11 is 0. The van der Waals surface area contributed by atoms with Gasteiger partial charge in [0.15, 0.2) is 6.61 Å². The lowest BCUT2D eigenvalue weighted by Gasteiger charge is -2.32. The van der Waals surface area contributed by atoms with Crippen molar-refractivity contribution in [3.8, 4) is 5.88 Å². The van der Waals surface area contributed by atoms with Crippen LogP contribution in [-0.2, 0) is 6.18 Å². The van der Waals surface area contributed by atoms with E-state index in [-0.39, 0.29) is 36.4 Å². The average molecular weight is 536 g/mol. The highest BCUT2D eigenvalue weighted by atomic mass is 19.4. The maximum atomic E-state index is 13.9. The molecule has 0 saturated carbocycles. The van der Waals surface area contributed by atoms with Crippen LogP contribution in [0.25, 0.3) is 0 Å². The fourth-order valence-electron chi connectivity index (χ4n) is 3.96. The van der Waals surface area contributed by atoms with E-state index in [0.29, 0.717) is 18.5 Å². The molecule has 38 heavy (non-hydrogen) atoms. The summed E-state index contributed by atoms with van der Waals surface area (Å²) in [5, 5.41) is 2.23. The summed E-state index contributed by atoms with van der Waals surface area (Å²) in [6, 6.07) is 5.62. The van der Waals surface area contributed by atoms with Crippen molar-refractivity contribution in [1.82, 2.24) is 19.9 Å². The number of halogens is 5. The highest BCUT2D eigenvalue weighted by molar-refractivity contribution is 5.98. The van der Waals surface area contributed by atoms with Crippen LogP contribution in [0.4, 0.5) is 38.4 Å². The van der Waals surface area contributed by atoms with Crippen molar-refractivity contribution >= 4 is 23.5 Å². The van der Waals surface area contributed by atoms with Gasteiger partial charge in [0.1, 0.15) is 23.0 Å². The van der Waals surface area contributed by atoms with Gasteiger partial charge in [0, 0.05) is 31.3 Å². The number of rotatable bonds is 6. The van der Waals surface area contributed by atoms with Crippen molar-refractivity contribution < 1.29 is 36.3 Å². The van der Waals surface area contributed by atoms with Gasteiger partial charge < -0.3 is 20.7 Å². The Morgan fingerprint density at radius 3 is 2.37 bits per heavy atom. The topological polar surface area (TPSA) is 123 Å². The van der Waals surface area contributed by atoms with Gasteiger partial charge >= 0.3 is 12.2 Å². The van der Waals surface area contributed by atoms with Crippen LogP contribution in [0.15, 0.2) is 42.6 Å². The summed E-state index contributed by atoms with van der Waals surface area (Å²) in [5.41, 5.74) is 4.39. The lowest BCUT2D eigenvalue weighted by molar-refractivity contribution is -0.141. The minimum atomic E-state index is -4.67. The molecule has 0 unspecified atom stereocenters. The van der Waals surface area contributed by atoms with Crippen molar-refractivity contribution in [1.29, 1.82) is 0 Å². The predicted molar refractivity (Wildman–Crippen MR) is 124 cm³/mol. The Hall–Kier alpha value is -4.36. The number of urea groups is 1. The van der Waals surface area contributed by atoms with Crippen molar-refractivity contribution in [2.24, 2.45) is 0 Å². The maximum absolute atomic E-state index is 13.9. The number of piperidine rings is 1. The Balaban J connectivity index is 1.41. The number of ether oxygens (including phenoxy) is 1. The lowest BCUT2D eigenvalue weighted by atomic mass is 9.90. The Bertz CT molecular complexity index is 1330. The van der Waals surface area contributed by atoms with Crippen LogP contribution in [0.5, 0.6) is 5.88 Å². The number of nitrogens with zero attached hydrogens (tertiary/aromatic N) is 4. The summed E-state index contributed by atoms with van der Waals surface area (Å²) in [7, 11) is 0. The number of nitrogens with two attached hydrogens (primary N) is 1. The number of nitrogens with one attached hydrogen (secondary N) is 1. The van der Waals surface area contributed by atoms with E-state index in [9.17, 15) is 31.5 Å². The molecule has 3 heterocycles. The van der Waals surface area contributed by atoms with E-state index in [4.69, 9.17) is 10.5 Å². The first-order valence-electron chi connectivity index (χ1n) is 11.4. The molecule has 0 radical (unpaired) electrons. The van der Waals surface area contributed by atoms with Gasteiger partial charge in [0.05, 0.1) is 11.3 Å². The Labute approximate surface area is 212 Å². The van der Waals surface area contributed by atoms with Gasteiger partial charge in [0.25, 0.3) is 0 Å². The number of hydrogen-bond donors (Lipinski definition) is 2. The zero-order chi connectivity index (χ0) is 27.4. The standard InChI is InChI=1S/C24H21F5N6O3/c25-15-3-1-4-16(26)21(15)34-23(37)35-9-7-13(8-10-35)20-14(11-31-22(30)33-20)17(36)12-38-19-6-2-5-18(32-19)24(27,28)29/h1-6,11,13H,7-10,12H2,(H,34,37)(H2,30,31,33). The first-order chi connectivity index (χ1) is 18.0. The zero-order valence-electron chi connectivity index (χ0n) is 19.6. The van der Waals surface area contributed by atoms with E-state index < -0.39 is 47.6 Å². The van der Waals surface area contributed by atoms with Crippen LogP contribution >= 0.6 is 0 Å². The largest absolute Gasteiger partial charge is 0.469 e. The second-order valence-electron chi connectivity index (χ2n) is 8.39. The summed E-state index contributed by atoms with van der Waals surface area (Å²) in [5.74, 6) is -3.20. The molecule has 2 amide bonds. The average Bonchev–Trinajstić information content (AvgIpc) is 2.89. The highest BCUT2D eigenvalue weighted by Gasteiger charge is 2.33. The van der Waals surface area contributed by atoms with E-state index in [1.807, 2.05) is 0 Å². The first-order valence-corrected chi connectivity index (χ1v) is 11.4. The van der Waals surface area contributed by atoms with Crippen LogP contribution in [0.3, 0.4) is 0 Å². The molecule has 9 nitrogen and oxygen atoms in total. The van der Waals surface area contributed by atoms with Gasteiger partial charge in [-0.1, -0.05) is 12.1 Å². The van der Waals surface area contributed by atoms with Gasteiger partial charge in [-0.15, -0.1) is 0 Å². The van der Waals surface area contributed by atoms with Gasteiger partial charge in [-0.3, -0.25) is 4.79 Å². The number of carbonyl (C=O) groups excluding carboxylic acids is 2. The van der Waals surface area contributed by atoms with E-state index in [0.717, 1.165) is 24.3 Å². The van der Waals surface area contributed by atoms with Crippen molar-refractivity contribution in [3.05, 3.63) is 71.2 Å². The van der Waals surface area contributed by atoms with Crippen molar-refractivity contribution in [2.45, 2.75) is 24.9 Å². The predicted octanol–water partition coefficient (Wildman–Crippen LogP) is 4.42. The minimum absolute atomic E-state index is 0.0718. The molecule has 3 N–H and O–H groups in total. The summed E-state index contributed by atoms with van der Waals surface area (Å²) < 4.78 is 71.5. The molecule has 14 heteroatoms. The SMILES string of the molecule is Nc1ncc(C(=O)COc2cccc(C(F)(F)F)n2)c(C2CCN(C(=O)Nc3c(F)cccc3F)CC2)n1. The van der Waals surface area contributed by atoms with Crippen LogP contribution in [0.1, 0.15) is 40.5 Å². The molecule has 0 atom stereocenters. The molecule has 2 aromatic heterocycles. The number of amides is 2. The van der Waals surface area contributed by atoms with Crippen LogP contribution < -0.4 is 15.8 Å². The van der Waals surface area contributed by atoms with Crippen LogP contribution in [-0.4, -0.2) is 51.4 Å². The smallest absolute Gasteiger partial charge is 0.433 e. The van der Waals surface area contributed by atoms with Crippen molar-refractivity contribution in [2.75, 3.05) is 30.7 Å². The molecule has 1 aromatic carbocycles. The number of pyridine rings is 1. The summed E-state index contributed by atoms with van der Waals surface area (Å²) in [4.78, 5) is 38.2. The second-order valence-corrected chi connectivity index (χ2v) is 8.39. The van der Waals surface area contributed by atoms with Gasteiger partial charge in [-0.2, -0.15) is 13.2 Å². The maximum Gasteiger partial charge on any atom is 0.433 e. The van der Waals surface area contributed by atoms with Gasteiger partial charge in [-0.05, 0) is 31.0 Å². The Morgan fingerprint density at radius 2 is 1.71 bits per heavy atom. The number of benzene rings is 1. The van der Waals surface area contributed by atoms with E-state index in [1.54, 1.807) is 0 Å². The number of hydrogen-bond acceptors (Lipinski definition) is 7. The first kappa shape index (κ1) is 26.7. The zero-order valence-corrected chi connectivity index (χ0v) is 19.6. The monoisotopic (exact) mass is 536 g/mol. The summed E-state index contributed by atoms with van der Waals surface area (Å²) in [6.07, 6.45) is -2.76. The fraction of sp³-hybridized carbons (Fsp3) is 0.292. The number of Topliss-reactive ketones (excluding diaryl/α,β-unsaturated/α-hetero) is 1. The fourth-order valence-corrected chi connectivity index (χ4v) is 3.96. The molecule has 1 saturated heterocycles. The van der Waals surface area contributed by atoms with E-state index in [1.165, 1.54) is 23.2 Å². The molecule has 0 bridgehead atoms. The summed E-state index contributed by atoms with van der Waals surface area (Å²) in [6.45, 7) is -0.242. The van der Waals surface area contributed by atoms with E-state index >= 15 is 0 Å². The van der Waals surface area contributed by atoms with Crippen molar-refractivity contribution in [3.63, 3.8) is 0 Å². The molecule has 1 fully saturated rings. The van der Waals surface area contributed by atoms with Gasteiger partial charge in [0.2, 0.25) is 17.6 Å². The molecule has 200 valence electrons. The Kier molecular flexibility index (Phi) is 7.69. The molecule has 0 spiro atoms. The number of alkyl halides is 3. The molecule has 1 aliphatic rings. The molecule has 3 aromatic rings. The number of aromatic nitrogens is 3. The molecular formula is C24H21F5N6O3. The van der Waals surface area contributed by atoms with Gasteiger partial charge in [-0.25, -0.2) is 28.5 Å². The van der Waals surface area contributed by atoms with E-state index in [2.05, 4.69) is 20.3 Å². The van der Waals surface area contributed by atoms with Crippen LogP contribution in [0.2, 0.25) is 0 Å². The lowest BCUT2D eigenvalue weighted by Crippen LogP contribution is -2.41.